The predicted octanol–water partition coefficient (Wildman–Crippen LogP) is 7.17. The summed E-state index contributed by atoms with van der Waals surface area (Å²) in [5, 5.41) is 4.06. The number of carbonyl (C=O) groups excluding carboxylic acids is 2. The molecule has 0 aliphatic heterocycles. The van der Waals surface area contributed by atoms with Gasteiger partial charge in [0.2, 0.25) is 0 Å². The second-order valence-electron chi connectivity index (χ2n) is 10.1. The fraction of sp³-hybridized carbons (Fsp3) is 0.267. The summed E-state index contributed by atoms with van der Waals surface area (Å²) in [7, 11) is 0. The maximum absolute atomic E-state index is 15.4. The fourth-order valence-electron chi connectivity index (χ4n) is 4.19. The summed E-state index contributed by atoms with van der Waals surface area (Å²) in [4.78, 5) is 34.2. The molecule has 0 radical (unpaired) electrons. The van der Waals surface area contributed by atoms with E-state index in [1.165, 1.54) is 18.5 Å². The Morgan fingerprint density at radius 1 is 1.03 bits per heavy atom. The molecule has 1 aromatic heterocycles. The van der Waals surface area contributed by atoms with Crippen LogP contribution in [-0.4, -0.2) is 27.3 Å². The highest BCUT2D eigenvalue weighted by atomic mass is 35.5. The first-order valence-corrected chi connectivity index (χ1v) is 12.7. The molecule has 0 aliphatic carbocycles. The van der Waals surface area contributed by atoms with Crippen molar-refractivity contribution in [3.05, 3.63) is 94.0 Å². The summed E-state index contributed by atoms with van der Waals surface area (Å²) >= 11 is 6.27. The van der Waals surface area contributed by atoms with Gasteiger partial charge >= 0.3 is 5.97 Å². The number of rotatable bonds is 8. The molecule has 0 atom stereocenters. The molecule has 1 heterocycles. The topological polar surface area (TPSA) is 81.2 Å². The number of para-hydroxylation sites is 1. The predicted molar refractivity (Wildman–Crippen MR) is 148 cm³/mol. The van der Waals surface area contributed by atoms with E-state index in [1.807, 2.05) is 43.3 Å². The zero-order chi connectivity index (χ0) is 27.4. The van der Waals surface area contributed by atoms with Crippen LogP contribution in [0.1, 0.15) is 54.2 Å². The third-order valence-electron chi connectivity index (χ3n) is 5.85. The number of nitrogens with zero attached hydrogens (tertiary/aromatic N) is 2. The summed E-state index contributed by atoms with van der Waals surface area (Å²) < 4.78 is 20.7. The van der Waals surface area contributed by atoms with Crippen LogP contribution < -0.4 is 5.32 Å². The first-order chi connectivity index (χ1) is 18.0. The lowest BCUT2D eigenvalue weighted by Crippen LogP contribution is -2.24. The van der Waals surface area contributed by atoms with E-state index in [1.54, 1.807) is 26.8 Å². The van der Waals surface area contributed by atoms with Crippen molar-refractivity contribution in [3.8, 4) is 0 Å². The number of fused-ring (bicyclic) bond motifs is 1. The van der Waals surface area contributed by atoms with Crippen LogP contribution in [0.2, 0.25) is 5.02 Å². The Hall–Kier alpha value is -3.84. The number of ether oxygens (including phenoxy) is 1. The minimum atomic E-state index is -0.720. The normalized spacial score (nSPS) is 11.4. The molecule has 38 heavy (non-hydrogen) atoms. The van der Waals surface area contributed by atoms with Crippen molar-refractivity contribution < 1.29 is 18.7 Å². The van der Waals surface area contributed by atoms with Crippen LogP contribution in [-0.2, 0) is 22.4 Å². The van der Waals surface area contributed by atoms with Crippen molar-refractivity contribution in [3.63, 3.8) is 0 Å². The third-order valence-corrected chi connectivity index (χ3v) is 6.16. The number of benzene rings is 3. The van der Waals surface area contributed by atoms with Gasteiger partial charge in [-0.15, -0.1) is 0 Å². The average Bonchev–Trinajstić information content (AvgIpc) is 2.83. The van der Waals surface area contributed by atoms with Gasteiger partial charge in [-0.3, -0.25) is 9.59 Å². The number of aryl methyl sites for hydroxylation is 2. The number of ketones is 1. The van der Waals surface area contributed by atoms with Gasteiger partial charge in [0.15, 0.2) is 5.78 Å². The van der Waals surface area contributed by atoms with Crippen molar-refractivity contribution >= 4 is 45.8 Å². The first-order valence-electron chi connectivity index (χ1n) is 12.3. The van der Waals surface area contributed by atoms with Gasteiger partial charge < -0.3 is 10.1 Å². The van der Waals surface area contributed by atoms with E-state index in [9.17, 15) is 9.59 Å². The smallest absolute Gasteiger partial charge is 0.306 e. The van der Waals surface area contributed by atoms with Gasteiger partial charge in [0.25, 0.3) is 0 Å². The SMILES string of the molecule is Cc1cccc(Nc2ncnc3c(CC(=O)c4c(Cl)ccc(CCC(=O)OC(C)(C)C)c4F)cccc23)c1. The van der Waals surface area contributed by atoms with E-state index < -0.39 is 23.2 Å². The molecule has 8 heteroatoms. The van der Waals surface area contributed by atoms with Crippen LogP contribution in [0.3, 0.4) is 0 Å². The molecule has 0 aliphatic rings. The van der Waals surface area contributed by atoms with Gasteiger partial charge in [-0.1, -0.05) is 41.9 Å². The third kappa shape index (κ3) is 6.53. The molecule has 0 bridgehead atoms. The fourth-order valence-corrected chi connectivity index (χ4v) is 4.44. The lowest BCUT2D eigenvalue weighted by atomic mass is 9.97. The van der Waals surface area contributed by atoms with Crippen LogP contribution >= 0.6 is 11.6 Å². The van der Waals surface area contributed by atoms with Gasteiger partial charge in [-0.2, -0.15) is 0 Å². The zero-order valence-corrected chi connectivity index (χ0v) is 22.5. The van der Waals surface area contributed by atoms with E-state index in [0.29, 0.717) is 16.9 Å². The second-order valence-corrected chi connectivity index (χ2v) is 10.5. The molecule has 0 fully saturated rings. The average molecular weight is 534 g/mol. The molecule has 4 rings (SSSR count). The molecule has 0 saturated heterocycles. The van der Waals surface area contributed by atoms with Gasteiger partial charge in [-0.25, -0.2) is 14.4 Å². The molecule has 0 amide bonds. The summed E-state index contributed by atoms with van der Waals surface area (Å²) in [6, 6.07) is 16.3. The quantitative estimate of drug-likeness (QED) is 0.191. The minimum Gasteiger partial charge on any atom is -0.460 e. The molecule has 1 N–H and O–H groups in total. The highest BCUT2D eigenvalue weighted by molar-refractivity contribution is 6.34. The molecule has 3 aromatic carbocycles. The molecular weight excluding hydrogens is 505 g/mol. The van der Waals surface area contributed by atoms with Crippen molar-refractivity contribution in [2.45, 2.75) is 52.6 Å². The van der Waals surface area contributed by atoms with Crippen molar-refractivity contribution in [2.75, 3.05) is 5.32 Å². The van der Waals surface area contributed by atoms with E-state index in [-0.39, 0.29) is 35.4 Å². The Labute approximate surface area is 226 Å². The molecule has 0 spiro atoms. The minimum absolute atomic E-state index is 0.0135. The van der Waals surface area contributed by atoms with E-state index in [4.69, 9.17) is 16.3 Å². The molecule has 0 unspecified atom stereocenters. The Bertz CT molecular complexity index is 1510. The molecule has 0 saturated carbocycles. The summed E-state index contributed by atoms with van der Waals surface area (Å²) in [6.07, 6.45) is 1.40. The molecule has 4 aromatic rings. The Morgan fingerprint density at radius 2 is 1.79 bits per heavy atom. The number of Topliss-reactive ketones (excluding diaryl/α,β-unsaturated/α-hetero) is 1. The van der Waals surface area contributed by atoms with Crippen molar-refractivity contribution in [2.24, 2.45) is 0 Å². The van der Waals surface area contributed by atoms with E-state index in [2.05, 4.69) is 15.3 Å². The molecule has 6 nitrogen and oxygen atoms in total. The van der Waals surface area contributed by atoms with Crippen molar-refractivity contribution in [1.29, 1.82) is 0 Å². The van der Waals surface area contributed by atoms with Crippen molar-refractivity contribution in [1.82, 2.24) is 9.97 Å². The van der Waals surface area contributed by atoms with Gasteiger partial charge in [-0.05, 0) is 75.1 Å². The van der Waals surface area contributed by atoms with E-state index >= 15 is 4.39 Å². The van der Waals surface area contributed by atoms with Crippen LogP contribution in [0.4, 0.5) is 15.9 Å². The van der Waals surface area contributed by atoms with Crippen LogP contribution in [0.15, 0.2) is 60.9 Å². The molecule has 196 valence electrons. The van der Waals surface area contributed by atoms with Gasteiger partial charge in [0.1, 0.15) is 23.6 Å². The Balaban J connectivity index is 1.58. The van der Waals surface area contributed by atoms with Gasteiger partial charge in [0.05, 0.1) is 16.1 Å². The molecular formula is C30H29ClFN3O3. The maximum atomic E-state index is 15.4. The lowest BCUT2D eigenvalue weighted by Gasteiger charge is -2.19. The number of hydrogen-bond donors (Lipinski definition) is 1. The largest absolute Gasteiger partial charge is 0.460 e. The van der Waals surface area contributed by atoms with Crippen LogP contribution in [0.25, 0.3) is 10.9 Å². The second kappa shape index (κ2) is 11.3. The number of nitrogens with one attached hydrogen (secondary N) is 1. The zero-order valence-electron chi connectivity index (χ0n) is 21.8. The first kappa shape index (κ1) is 27.2. The highest BCUT2D eigenvalue weighted by Crippen LogP contribution is 2.29. The maximum Gasteiger partial charge on any atom is 0.306 e. The van der Waals surface area contributed by atoms with Gasteiger partial charge in [0, 0.05) is 23.9 Å². The lowest BCUT2D eigenvalue weighted by molar-refractivity contribution is -0.154. The number of aromatic nitrogens is 2. The Morgan fingerprint density at radius 3 is 2.53 bits per heavy atom. The Kier molecular flexibility index (Phi) is 8.07. The summed E-state index contributed by atoms with van der Waals surface area (Å²) in [5.41, 5.74) is 2.59. The van der Waals surface area contributed by atoms with E-state index in [0.717, 1.165) is 16.6 Å². The summed E-state index contributed by atoms with van der Waals surface area (Å²) in [5.74, 6) is -1.04. The number of hydrogen-bond acceptors (Lipinski definition) is 6. The number of anilines is 2. The highest BCUT2D eigenvalue weighted by Gasteiger charge is 2.22. The van der Waals surface area contributed by atoms with Crippen LogP contribution in [0.5, 0.6) is 0 Å². The monoisotopic (exact) mass is 533 g/mol. The number of carbonyl (C=O) groups is 2. The number of halogens is 2. The summed E-state index contributed by atoms with van der Waals surface area (Å²) in [6.45, 7) is 7.31. The number of esters is 1. The van der Waals surface area contributed by atoms with Crippen LogP contribution in [0, 0.1) is 12.7 Å². The standard InChI is InChI=1S/C30H29ClFN3O3/c1-18-7-5-9-21(15-18)35-29-22-10-6-8-20(28(22)33-17-34-29)16-24(36)26-23(31)13-11-19(27(26)32)12-14-25(37)38-30(2,3)4/h5-11,13,15,17H,12,14,16H2,1-4H3,(H,33,34,35).